The zero-order chi connectivity index (χ0) is 14.4. The molecule has 20 heavy (non-hydrogen) atoms. The molecule has 0 fully saturated rings. The van der Waals surface area contributed by atoms with Crippen molar-refractivity contribution in [3.63, 3.8) is 0 Å². The van der Waals surface area contributed by atoms with Crippen LogP contribution in [0.2, 0.25) is 0 Å². The topological polar surface area (TPSA) is 45.1 Å². The Bertz CT molecular complexity index is 516. The number of benzene rings is 1. The number of halogens is 1. The Morgan fingerprint density at radius 2 is 1.90 bits per heavy atom. The van der Waals surface area contributed by atoms with E-state index in [0.29, 0.717) is 0 Å². The summed E-state index contributed by atoms with van der Waals surface area (Å²) in [6.45, 7) is 2.03. The van der Waals surface area contributed by atoms with E-state index in [9.17, 15) is 9.50 Å². The fourth-order valence-corrected chi connectivity index (χ4v) is 2.19. The van der Waals surface area contributed by atoms with Crippen molar-refractivity contribution in [3.8, 4) is 0 Å². The van der Waals surface area contributed by atoms with Crippen LogP contribution in [0.3, 0.4) is 0 Å². The highest BCUT2D eigenvalue weighted by molar-refractivity contribution is 5.20. The fourth-order valence-electron chi connectivity index (χ4n) is 2.19. The molecule has 0 aliphatic carbocycles. The van der Waals surface area contributed by atoms with E-state index in [1.165, 1.54) is 12.3 Å². The van der Waals surface area contributed by atoms with Gasteiger partial charge in [-0.15, -0.1) is 0 Å². The number of pyridine rings is 1. The number of aliphatic hydroxyl groups is 1. The number of aliphatic hydroxyl groups excluding tert-OH is 1. The Balaban J connectivity index is 2.14. The molecule has 2 N–H and O–H groups in total. The first kappa shape index (κ1) is 14.6. The van der Waals surface area contributed by atoms with E-state index >= 15 is 0 Å². The summed E-state index contributed by atoms with van der Waals surface area (Å²) in [5.41, 5.74) is 1.80. The van der Waals surface area contributed by atoms with Crippen LogP contribution in [0.25, 0.3) is 0 Å². The molecule has 2 rings (SSSR count). The normalized spacial score (nSPS) is 13.9. The second-order valence-corrected chi connectivity index (χ2v) is 4.67. The van der Waals surface area contributed by atoms with E-state index < -0.39 is 0 Å². The van der Waals surface area contributed by atoms with Gasteiger partial charge >= 0.3 is 0 Å². The molecular formula is C16H19FN2O. The summed E-state index contributed by atoms with van der Waals surface area (Å²) >= 11 is 0. The zero-order valence-electron chi connectivity index (χ0n) is 11.5. The second-order valence-electron chi connectivity index (χ2n) is 4.67. The van der Waals surface area contributed by atoms with Crippen LogP contribution in [0, 0.1) is 5.82 Å². The van der Waals surface area contributed by atoms with Crippen molar-refractivity contribution < 1.29 is 9.50 Å². The van der Waals surface area contributed by atoms with Gasteiger partial charge in [0.1, 0.15) is 5.82 Å². The first-order valence-electron chi connectivity index (χ1n) is 6.78. The molecule has 0 bridgehead atoms. The van der Waals surface area contributed by atoms with Crippen molar-refractivity contribution in [3.05, 3.63) is 65.7 Å². The standard InChI is InChI=1S/C16H19FN2O/c1-2-14(15-9-8-13(17)10-18-15)19-16(11-20)12-6-4-3-5-7-12/h3-10,14,16,19-20H,2,11H2,1H3. The van der Waals surface area contributed by atoms with E-state index in [-0.39, 0.29) is 24.5 Å². The van der Waals surface area contributed by atoms with Crippen LogP contribution in [0.4, 0.5) is 4.39 Å². The lowest BCUT2D eigenvalue weighted by Crippen LogP contribution is -2.29. The molecule has 0 saturated carbocycles. The summed E-state index contributed by atoms with van der Waals surface area (Å²) in [6, 6.07) is 12.7. The zero-order valence-corrected chi connectivity index (χ0v) is 11.5. The second kappa shape index (κ2) is 7.12. The van der Waals surface area contributed by atoms with Gasteiger partial charge in [0.25, 0.3) is 0 Å². The molecule has 0 aliphatic rings. The molecule has 1 heterocycles. The molecule has 0 spiro atoms. The lowest BCUT2D eigenvalue weighted by Gasteiger charge is -2.23. The highest BCUT2D eigenvalue weighted by atomic mass is 19.1. The molecule has 0 aliphatic heterocycles. The van der Waals surface area contributed by atoms with Gasteiger partial charge in [-0.1, -0.05) is 37.3 Å². The number of hydrogen-bond acceptors (Lipinski definition) is 3. The summed E-state index contributed by atoms with van der Waals surface area (Å²) in [6.07, 6.45) is 2.03. The SMILES string of the molecule is CCC(NC(CO)c1ccccc1)c1ccc(F)cn1. The molecule has 0 radical (unpaired) electrons. The lowest BCUT2D eigenvalue weighted by atomic mass is 10.0. The minimum atomic E-state index is -0.342. The van der Waals surface area contributed by atoms with Gasteiger partial charge in [-0.3, -0.25) is 10.3 Å². The highest BCUT2D eigenvalue weighted by Crippen LogP contribution is 2.20. The van der Waals surface area contributed by atoms with Gasteiger partial charge in [-0.25, -0.2) is 4.39 Å². The van der Waals surface area contributed by atoms with Crippen LogP contribution >= 0.6 is 0 Å². The molecule has 0 saturated heterocycles. The maximum absolute atomic E-state index is 12.9. The monoisotopic (exact) mass is 274 g/mol. The lowest BCUT2D eigenvalue weighted by molar-refractivity contribution is 0.231. The number of aromatic nitrogens is 1. The number of hydrogen-bond donors (Lipinski definition) is 2. The van der Waals surface area contributed by atoms with E-state index in [0.717, 1.165) is 17.7 Å². The molecule has 3 nitrogen and oxygen atoms in total. The fraction of sp³-hybridized carbons (Fsp3) is 0.312. The van der Waals surface area contributed by atoms with E-state index in [4.69, 9.17) is 0 Å². The van der Waals surface area contributed by atoms with Gasteiger partial charge in [0, 0.05) is 6.04 Å². The van der Waals surface area contributed by atoms with Gasteiger partial charge in [0.05, 0.1) is 24.5 Å². The predicted molar refractivity (Wildman–Crippen MR) is 76.6 cm³/mol. The highest BCUT2D eigenvalue weighted by Gasteiger charge is 2.17. The van der Waals surface area contributed by atoms with Crippen molar-refractivity contribution in [1.82, 2.24) is 10.3 Å². The molecule has 2 atom stereocenters. The third-order valence-electron chi connectivity index (χ3n) is 3.30. The van der Waals surface area contributed by atoms with Crippen molar-refractivity contribution in [2.45, 2.75) is 25.4 Å². The smallest absolute Gasteiger partial charge is 0.141 e. The summed E-state index contributed by atoms with van der Waals surface area (Å²) in [7, 11) is 0. The molecule has 1 aromatic heterocycles. The van der Waals surface area contributed by atoms with Crippen LogP contribution in [0.5, 0.6) is 0 Å². The Kier molecular flexibility index (Phi) is 5.21. The number of nitrogens with one attached hydrogen (secondary N) is 1. The first-order chi connectivity index (χ1) is 9.74. The molecule has 2 unspecified atom stereocenters. The minimum absolute atomic E-state index is 0.00169. The van der Waals surface area contributed by atoms with Gasteiger partial charge < -0.3 is 5.11 Å². The Morgan fingerprint density at radius 1 is 1.15 bits per heavy atom. The van der Waals surface area contributed by atoms with Crippen molar-refractivity contribution >= 4 is 0 Å². The van der Waals surface area contributed by atoms with Crippen LogP contribution in [-0.2, 0) is 0 Å². The minimum Gasteiger partial charge on any atom is -0.394 e. The number of nitrogens with zero attached hydrogens (tertiary/aromatic N) is 1. The van der Waals surface area contributed by atoms with Crippen molar-refractivity contribution in [2.24, 2.45) is 0 Å². The van der Waals surface area contributed by atoms with E-state index in [1.807, 2.05) is 37.3 Å². The van der Waals surface area contributed by atoms with Crippen LogP contribution in [-0.4, -0.2) is 16.7 Å². The van der Waals surface area contributed by atoms with Gasteiger partial charge in [-0.2, -0.15) is 0 Å². The van der Waals surface area contributed by atoms with Gasteiger partial charge in [0.2, 0.25) is 0 Å². The molecule has 4 heteroatoms. The average Bonchev–Trinajstić information content (AvgIpc) is 2.51. The summed E-state index contributed by atoms with van der Waals surface area (Å²) in [4.78, 5) is 4.11. The molecule has 2 aromatic rings. The van der Waals surface area contributed by atoms with Gasteiger partial charge in [-0.05, 0) is 24.1 Å². The number of rotatable bonds is 6. The Hall–Kier alpha value is -1.78. The third-order valence-corrected chi connectivity index (χ3v) is 3.30. The molecule has 0 amide bonds. The quantitative estimate of drug-likeness (QED) is 0.851. The summed E-state index contributed by atoms with van der Waals surface area (Å²) in [5.74, 6) is -0.342. The predicted octanol–water partition coefficient (Wildman–Crippen LogP) is 3.00. The van der Waals surface area contributed by atoms with Crippen LogP contribution < -0.4 is 5.32 Å². The molecule has 106 valence electrons. The van der Waals surface area contributed by atoms with Crippen LogP contribution in [0.1, 0.15) is 36.7 Å². The van der Waals surface area contributed by atoms with Crippen molar-refractivity contribution in [1.29, 1.82) is 0 Å². The molecule has 1 aromatic carbocycles. The molecular weight excluding hydrogens is 255 g/mol. The van der Waals surface area contributed by atoms with Gasteiger partial charge in [0.15, 0.2) is 0 Å². The Labute approximate surface area is 118 Å². The average molecular weight is 274 g/mol. The van der Waals surface area contributed by atoms with Crippen molar-refractivity contribution in [2.75, 3.05) is 6.61 Å². The van der Waals surface area contributed by atoms with E-state index in [1.54, 1.807) is 6.07 Å². The summed E-state index contributed by atoms with van der Waals surface area (Å²) < 4.78 is 12.9. The van der Waals surface area contributed by atoms with E-state index in [2.05, 4.69) is 10.3 Å². The third kappa shape index (κ3) is 3.62. The maximum Gasteiger partial charge on any atom is 0.141 e. The Morgan fingerprint density at radius 3 is 2.45 bits per heavy atom. The summed E-state index contributed by atoms with van der Waals surface area (Å²) in [5, 5.41) is 12.9. The maximum atomic E-state index is 12.9. The van der Waals surface area contributed by atoms with Crippen LogP contribution in [0.15, 0.2) is 48.7 Å². The first-order valence-corrected chi connectivity index (χ1v) is 6.78. The largest absolute Gasteiger partial charge is 0.394 e.